The number of halogens is 1. The molecule has 1 aromatic rings. The number of aryl methyl sites for hydroxylation is 1. The highest BCUT2D eigenvalue weighted by Crippen LogP contribution is 2.27. The van der Waals surface area contributed by atoms with Crippen LogP contribution in [-0.2, 0) is 0 Å². The molecule has 0 bridgehead atoms. The van der Waals surface area contributed by atoms with E-state index < -0.39 is 0 Å². The number of alkyl halides is 1. The fourth-order valence-corrected chi connectivity index (χ4v) is 2.57. The van der Waals surface area contributed by atoms with Crippen LogP contribution in [0.2, 0.25) is 0 Å². The average Bonchev–Trinajstić information content (AvgIpc) is 2.26. The van der Waals surface area contributed by atoms with Crippen molar-refractivity contribution in [1.82, 2.24) is 0 Å². The number of thioether (sulfide) groups is 1. The third-order valence-electron chi connectivity index (χ3n) is 2.11. The van der Waals surface area contributed by atoms with Gasteiger partial charge < -0.3 is 0 Å². The predicted octanol–water partition coefficient (Wildman–Crippen LogP) is 3.83. The molecule has 0 heterocycles. The third kappa shape index (κ3) is 3.44. The summed E-state index contributed by atoms with van der Waals surface area (Å²) < 4.78 is 0. The van der Waals surface area contributed by atoms with Crippen LogP contribution in [0.1, 0.15) is 18.1 Å². The standard InChI is InChI=1S/C12H14ClNS/c1-9(6-13)8-15-12-10(2)4-3-5-11(12)7-14/h3-5,9H,6,8H2,1-2H3. The van der Waals surface area contributed by atoms with Crippen molar-refractivity contribution in [2.75, 3.05) is 11.6 Å². The molecule has 1 rings (SSSR count). The summed E-state index contributed by atoms with van der Waals surface area (Å²) in [5.41, 5.74) is 1.93. The molecule has 0 aromatic heterocycles. The first kappa shape index (κ1) is 12.4. The maximum atomic E-state index is 8.98. The lowest BCUT2D eigenvalue weighted by atomic mass is 10.1. The molecule has 0 saturated carbocycles. The molecule has 1 unspecified atom stereocenters. The zero-order valence-electron chi connectivity index (χ0n) is 8.96. The van der Waals surface area contributed by atoms with E-state index in [9.17, 15) is 0 Å². The molecule has 0 fully saturated rings. The zero-order valence-corrected chi connectivity index (χ0v) is 10.5. The van der Waals surface area contributed by atoms with Crippen molar-refractivity contribution >= 4 is 23.4 Å². The van der Waals surface area contributed by atoms with Gasteiger partial charge in [-0.1, -0.05) is 19.1 Å². The van der Waals surface area contributed by atoms with E-state index in [1.165, 1.54) is 5.56 Å². The van der Waals surface area contributed by atoms with Crippen molar-refractivity contribution in [2.24, 2.45) is 5.92 Å². The first-order valence-corrected chi connectivity index (χ1v) is 6.39. The summed E-state index contributed by atoms with van der Waals surface area (Å²) in [6, 6.07) is 8.04. The van der Waals surface area contributed by atoms with E-state index >= 15 is 0 Å². The molecule has 0 saturated heterocycles. The van der Waals surface area contributed by atoms with E-state index in [1.807, 2.05) is 25.1 Å². The number of hydrogen-bond donors (Lipinski definition) is 0. The van der Waals surface area contributed by atoms with Crippen LogP contribution in [0.3, 0.4) is 0 Å². The number of nitrogens with zero attached hydrogens (tertiary/aromatic N) is 1. The molecule has 0 N–H and O–H groups in total. The molecule has 0 spiro atoms. The first-order chi connectivity index (χ1) is 7.19. The zero-order chi connectivity index (χ0) is 11.3. The van der Waals surface area contributed by atoms with Crippen molar-refractivity contribution in [1.29, 1.82) is 5.26 Å². The van der Waals surface area contributed by atoms with Gasteiger partial charge >= 0.3 is 0 Å². The fourth-order valence-electron chi connectivity index (χ4n) is 1.20. The lowest BCUT2D eigenvalue weighted by Crippen LogP contribution is -2.00. The van der Waals surface area contributed by atoms with Crippen LogP contribution in [0.15, 0.2) is 23.1 Å². The van der Waals surface area contributed by atoms with Gasteiger partial charge in [-0.15, -0.1) is 23.4 Å². The Morgan fingerprint density at radius 1 is 1.53 bits per heavy atom. The Morgan fingerprint density at radius 3 is 2.87 bits per heavy atom. The van der Waals surface area contributed by atoms with Gasteiger partial charge in [0.15, 0.2) is 0 Å². The van der Waals surface area contributed by atoms with Gasteiger partial charge in [0.05, 0.1) is 5.56 Å². The van der Waals surface area contributed by atoms with Crippen LogP contribution in [0, 0.1) is 24.2 Å². The molecule has 0 amide bonds. The van der Waals surface area contributed by atoms with Gasteiger partial charge in [0.2, 0.25) is 0 Å². The molecule has 0 radical (unpaired) electrons. The van der Waals surface area contributed by atoms with Crippen molar-refractivity contribution in [3.63, 3.8) is 0 Å². The fraction of sp³-hybridized carbons (Fsp3) is 0.417. The van der Waals surface area contributed by atoms with Crippen molar-refractivity contribution in [3.8, 4) is 6.07 Å². The van der Waals surface area contributed by atoms with Gasteiger partial charge in [-0.25, -0.2) is 0 Å². The van der Waals surface area contributed by atoms with Gasteiger partial charge in [-0.3, -0.25) is 0 Å². The second kappa shape index (κ2) is 6.05. The molecule has 80 valence electrons. The summed E-state index contributed by atoms with van der Waals surface area (Å²) in [6.07, 6.45) is 0. The largest absolute Gasteiger partial charge is 0.192 e. The van der Waals surface area contributed by atoms with E-state index in [1.54, 1.807) is 11.8 Å². The summed E-state index contributed by atoms with van der Waals surface area (Å²) in [4.78, 5) is 1.09. The Morgan fingerprint density at radius 2 is 2.27 bits per heavy atom. The number of benzene rings is 1. The number of rotatable bonds is 4. The second-order valence-electron chi connectivity index (χ2n) is 3.63. The first-order valence-electron chi connectivity index (χ1n) is 4.87. The van der Waals surface area contributed by atoms with Crippen LogP contribution in [-0.4, -0.2) is 11.6 Å². The summed E-state index contributed by atoms with van der Waals surface area (Å²) in [6.45, 7) is 4.15. The highest BCUT2D eigenvalue weighted by atomic mass is 35.5. The van der Waals surface area contributed by atoms with E-state index in [-0.39, 0.29) is 0 Å². The molecule has 0 aliphatic heterocycles. The van der Waals surface area contributed by atoms with Crippen LogP contribution < -0.4 is 0 Å². The van der Waals surface area contributed by atoms with Gasteiger partial charge in [0.1, 0.15) is 6.07 Å². The summed E-state index contributed by atoms with van der Waals surface area (Å²) in [5.74, 6) is 2.10. The quantitative estimate of drug-likeness (QED) is 0.589. The highest BCUT2D eigenvalue weighted by molar-refractivity contribution is 7.99. The average molecular weight is 240 g/mol. The lowest BCUT2D eigenvalue weighted by molar-refractivity contribution is 0.759. The minimum absolute atomic E-state index is 0.475. The Balaban J connectivity index is 2.80. The van der Waals surface area contributed by atoms with Gasteiger partial charge in [-0.2, -0.15) is 5.26 Å². The Kier molecular flexibility index (Phi) is 5.01. The summed E-state index contributed by atoms with van der Waals surface area (Å²) in [5, 5.41) is 8.98. The Labute approximate surface area is 100 Å². The number of nitriles is 1. The van der Waals surface area contributed by atoms with Crippen LogP contribution in [0.5, 0.6) is 0 Å². The Hall–Kier alpha value is -0.650. The summed E-state index contributed by atoms with van der Waals surface area (Å²) in [7, 11) is 0. The SMILES string of the molecule is Cc1cccc(C#N)c1SCC(C)CCl. The van der Waals surface area contributed by atoms with E-state index in [2.05, 4.69) is 13.0 Å². The van der Waals surface area contributed by atoms with Gasteiger partial charge in [-0.05, 0) is 24.5 Å². The molecular formula is C12H14ClNS. The monoisotopic (exact) mass is 239 g/mol. The Bertz CT molecular complexity index is 370. The molecular weight excluding hydrogens is 226 g/mol. The van der Waals surface area contributed by atoms with Crippen molar-refractivity contribution in [3.05, 3.63) is 29.3 Å². The molecule has 15 heavy (non-hydrogen) atoms. The minimum atomic E-state index is 0.475. The summed E-state index contributed by atoms with van der Waals surface area (Å²) >= 11 is 7.48. The van der Waals surface area contributed by atoms with Crippen molar-refractivity contribution in [2.45, 2.75) is 18.7 Å². The van der Waals surface area contributed by atoms with E-state index in [0.717, 1.165) is 16.2 Å². The molecule has 1 nitrogen and oxygen atoms in total. The normalized spacial score (nSPS) is 12.1. The van der Waals surface area contributed by atoms with E-state index in [4.69, 9.17) is 16.9 Å². The van der Waals surface area contributed by atoms with Crippen LogP contribution in [0.4, 0.5) is 0 Å². The minimum Gasteiger partial charge on any atom is -0.192 e. The van der Waals surface area contributed by atoms with Crippen LogP contribution in [0.25, 0.3) is 0 Å². The molecule has 1 aromatic carbocycles. The van der Waals surface area contributed by atoms with Gasteiger partial charge in [0.25, 0.3) is 0 Å². The number of hydrogen-bond acceptors (Lipinski definition) is 2. The molecule has 3 heteroatoms. The third-order valence-corrected chi connectivity index (χ3v) is 4.20. The second-order valence-corrected chi connectivity index (χ2v) is 4.97. The molecule has 1 atom stereocenters. The maximum Gasteiger partial charge on any atom is 0.100 e. The topological polar surface area (TPSA) is 23.8 Å². The van der Waals surface area contributed by atoms with Gasteiger partial charge in [0, 0.05) is 16.5 Å². The highest BCUT2D eigenvalue weighted by Gasteiger charge is 2.07. The molecule has 0 aliphatic rings. The predicted molar refractivity (Wildman–Crippen MR) is 66.5 cm³/mol. The van der Waals surface area contributed by atoms with Crippen LogP contribution >= 0.6 is 23.4 Å². The maximum absolute atomic E-state index is 8.98. The smallest absolute Gasteiger partial charge is 0.100 e. The van der Waals surface area contributed by atoms with Crippen molar-refractivity contribution < 1.29 is 0 Å². The molecule has 0 aliphatic carbocycles. The van der Waals surface area contributed by atoms with E-state index in [0.29, 0.717) is 11.8 Å². The lowest BCUT2D eigenvalue weighted by Gasteiger charge is -2.10.